The molecule has 5 unspecified atom stereocenters. The average molecular weight is 300 g/mol. The number of benzene rings is 1. The maximum Gasteiger partial charge on any atom is 0.141 e. The molecule has 0 amide bonds. The normalized spacial score (nSPS) is 39.3. The first-order chi connectivity index (χ1) is 11.9. The Morgan fingerprint density at radius 3 is 2.91 bits per heavy atom. The summed E-state index contributed by atoms with van der Waals surface area (Å²) in [6, 6.07) is 6.08. The molecule has 22 heavy (non-hydrogen) atoms. The fourth-order valence-corrected chi connectivity index (χ4v) is 3.88. The van der Waals surface area contributed by atoms with Gasteiger partial charge in [-0.15, -0.1) is 0 Å². The molecule has 5 atom stereocenters. The second-order valence-corrected chi connectivity index (χ2v) is 6.43. The molecule has 2 heteroatoms. The lowest BCUT2D eigenvalue weighted by Crippen LogP contribution is -2.30. The minimum absolute atomic E-state index is 0.0358. The van der Waals surface area contributed by atoms with Crippen molar-refractivity contribution < 1.29 is 8.50 Å². The smallest absolute Gasteiger partial charge is 0.141 e. The molecule has 0 saturated heterocycles. The van der Waals surface area contributed by atoms with Gasteiger partial charge < -0.3 is 0 Å². The first kappa shape index (κ1) is 11.9. The van der Waals surface area contributed by atoms with Crippen molar-refractivity contribution in [1.29, 1.82) is 5.26 Å². The summed E-state index contributed by atoms with van der Waals surface area (Å²) in [6.45, 7) is 2.01. The zero-order valence-electron chi connectivity index (χ0n) is 15.9. The van der Waals surface area contributed by atoms with Crippen LogP contribution in [0.3, 0.4) is 0 Å². The highest BCUT2D eigenvalue weighted by molar-refractivity contribution is 5.35. The highest BCUT2D eigenvalue weighted by Crippen LogP contribution is 2.47. The standard InChI is InChI=1S/C20H24FN/c1-2-3-14-4-5-16-11-17(7-6-15(16)10-14)18-8-9-19(13-22)20(21)12-18/h2-3,8-9,12,14-17H,4-7,10-11H2,1H3/b3-2+/i7D,11D2. The van der Waals surface area contributed by atoms with Crippen LogP contribution in [0.2, 0.25) is 0 Å². The van der Waals surface area contributed by atoms with E-state index in [9.17, 15) is 4.39 Å². The molecule has 0 N–H and O–H groups in total. The molecule has 2 fully saturated rings. The SMILES string of the molecule is [2H]C1CC2CC(/C=C/C)CCC2C([2H])([2H])C1c1ccc(C#N)c(F)c1. The number of rotatable bonds is 2. The fourth-order valence-electron chi connectivity index (χ4n) is 3.88. The van der Waals surface area contributed by atoms with Gasteiger partial charge in [-0.2, -0.15) is 5.26 Å². The zero-order valence-corrected chi connectivity index (χ0v) is 12.9. The lowest BCUT2D eigenvalue weighted by atomic mass is 9.64. The number of fused-ring (bicyclic) bond motifs is 1. The van der Waals surface area contributed by atoms with Gasteiger partial charge in [-0.25, -0.2) is 4.39 Å². The predicted molar refractivity (Wildman–Crippen MR) is 86.8 cm³/mol. The largest absolute Gasteiger partial charge is 0.206 e. The first-order valence-electron chi connectivity index (χ1n) is 9.70. The van der Waals surface area contributed by atoms with E-state index in [4.69, 9.17) is 9.37 Å². The summed E-state index contributed by atoms with van der Waals surface area (Å²) in [4.78, 5) is 0. The molecule has 2 aliphatic rings. The summed E-state index contributed by atoms with van der Waals surface area (Å²) in [6.07, 6.45) is 5.53. The lowest BCUT2D eigenvalue weighted by Gasteiger charge is -2.41. The van der Waals surface area contributed by atoms with Gasteiger partial charge in [0.15, 0.2) is 0 Å². The third-order valence-corrected chi connectivity index (χ3v) is 5.03. The topological polar surface area (TPSA) is 23.8 Å². The highest BCUT2D eigenvalue weighted by atomic mass is 19.1. The molecule has 0 heterocycles. The van der Waals surface area contributed by atoms with Gasteiger partial charge in [0.05, 0.1) is 5.56 Å². The van der Waals surface area contributed by atoms with Crippen LogP contribution in [0.25, 0.3) is 0 Å². The van der Waals surface area contributed by atoms with E-state index in [1.165, 1.54) is 12.1 Å². The van der Waals surface area contributed by atoms with Crippen LogP contribution in [-0.2, 0) is 0 Å². The second-order valence-electron chi connectivity index (χ2n) is 6.43. The Bertz CT molecular complexity index is 709. The van der Waals surface area contributed by atoms with E-state index in [0.29, 0.717) is 17.9 Å². The molecule has 116 valence electrons. The van der Waals surface area contributed by atoms with Crippen molar-refractivity contribution in [2.45, 2.75) is 51.3 Å². The van der Waals surface area contributed by atoms with E-state index >= 15 is 0 Å². The average Bonchev–Trinajstić information content (AvgIpc) is 2.54. The monoisotopic (exact) mass is 300 g/mol. The van der Waals surface area contributed by atoms with Gasteiger partial charge in [-0.3, -0.25) is 0 Å². The molecular weight excluding hydrogens is 273 g/mol. The Balaban J connectivity index is 1.90. The number of nitrogens with zero attached hydrogens (tertiary/aromatic N) is 1. The van der Waals surface area contributed by atoms with Crippen LogP contribution in [0, 0.1) is 34.9 Å². The Morgan fingerprint density at radius 2 is 2.18 bits per heavy atom. The van der Waals surface area contributed by atoms with Crippen LogP contribution >= 0.6 is 0 Å². The van der Waals surface area contributed by atoms with Crippen molar-refractivity contribution >= 4 is 0 Å². The summed E-state index contributed by atoms with van der Waals surface area (Å²) < 4.78 is 40.1. The molecule has 1 aromatic rings. The maximum absolute atomic E-state index is 14.0. The van der Waals surface area contributed by atoms with E-state index in [-0.39, 0.29) is 17.4 Å². The van der Waals surface area contributed by atoms with Crippen molar-refractivity contribution in [1.82, 2.24) is 0 Å². The van der Waals surface area contributed by atoms with Crippen molar-refractivity contribution in [2.24, 2.45) is 17.8 Å². The summed E-state index contributed by atoms with van der Waals surface area (Å²) in [5.74, 6) is -0.652. The maximum atomic E-state index is 14.0. The molecule has 1 aromatic carbocycles. The van der Waals surface area contributed by atoms with Gasteiger partial charge in [0.1, 0.15) is 11.9 Å². The molecule has 2 aliphatic carbocycles. The lowest BCUT2D eigenvalue weighted by molar-refractivity contribution is 0.133. The number of hydrogen-bond donors (Lipinski definition) is 0. The van der Waals surface area contributed by atoms with Crippen LogP contribution in [0.15, 0.2) is 30.4 Å². The quantitative estimate of drug-likeness (QED) is 0.655. The van der Waals surface area contributed by atoms with Gasteiger partial charge in [0.25, 0.3) is 0 Å². The molecule has 0 radical (unpaired) electrons. The Labute approximate surface area is 137 Å². The molecule has 0 spiro atoms. The zero-order chi connectivity index (χ0) is 18.2. The van der Waals surface area contributed by atoms with E-state index in [1.54, 1.807) is 12.1 Å². The summed E-state index contributed by atoms with van der Waals surface area (Å²) in [7, 11) is 0. The first-order valence-corrected chi connectivity index (χ1v) is 8.13. The van der Waals surface area contributed by atoms with Crippen LogP contribution in [0.5, 0.6) is 0 Å². The molecule has 0 aromatic heterocycles. The van der Waals surface area contributed by atoms with Gasteiger partial charge in [-0.1, -0.05) is 18.2 Å². The van der Waals surface area contributed by atoms with Crippen molar-refractivity contribution in [2.75, 3.05) is 0 Å². The molecule has 1 nitrogen and oxygen atoms in total. The minimum atomic E-state index is -1.53. The Kier molecular flexibility index (Phi) is 3.59. The van der Waals surface area contributed by atoms with Crippen LogP contribution in [0.1, 0.15) is 66.5 Å². The third kappa shape index (κ3) is 3.09. The molecule has 3 rings (SSSR count). The van der Waals surface area contributed by atoms with E-state index in [2.05, 4.69) is 12.2 Å². The number of allylic oxidation sites excluding steroid dienone is 2. The van der Waals surface area contributed by atoms with Gasteiger partial charge in [-0.05, 0) is 86.7 Å². The van der Waals surface area contributed by atoms with Crippen LogP contribution < -0.4 is 0 Å². The van der Waals surface area contributed by atoms with Crippen molar-refractivity contribution in [3.8, 4) is 6.07 Å². The van der Waals surface area contributed by atoms with E-state index < -0.39 is 24.5 Å². The molecule has 2 saturated carbocycles. The van der Waals surface area contributed by atoms with Crippen LogP contribution in [0.4, 0.5) is 4.39 Å². The summed E-state index contributed by atoms with van der Waals surface area (Å²) >= 11 is 0. The minimum Gasteiger partial charge on any atom is -0.206 e. The van der Waals surface area contributed by atoms with Gasteiger partial charge in [0.2, 0.25) is 0 Å². The van der Waals surface area contributed by atoms with E-state index in [1.807, 2.05) is 6.92 Å². The van der Waals surface area contributed by atoms with Gasteiger partial charge >= 0.3 is 0 Å². The molecule has 0 bridgehead atoms. The van der Waals surface area contributed by atoms with Crippen molar-refractivity contribution in [3.05, 3.63) is 47.3 Å². The number of hydrogen-bond acceptors (Lipinski definition) is 1. The Morgan fingerprint density at radius 1 is 1.32 bits per heavy atom. The predicted octanol–water partition coefficient (Wildman–Crippen LogP) is 5.57. The van der Waals surface area contributed by atoms with Gasteiger partial charge in [0, 0.05) is 4.11 Å². The summed E-state index contributed by atoms with van der Waals surface area (Å²) in [5.41, 5.74) is 0.474. The number of nitriles is 1. The summed E-state index contributed by atoms with van der Waals surface area (Å²) in [5, 5.41) is 8.89. The van der Waals surface area contributed by atoms with E-state index in [0.717, 1.165) is 19.3 Å². The molecule has 0 aliphatic heterocycles. The number of halogens is 1. The highest BCUT2D eigenvalue weighted by Gasteiger charge is 2.35. The third-order valence-electron chi connectivity index (χ3n) is 5.03. The molecular formula is C20H24FN. The Hall–Kier alpha value is -1.62. The fraction of sp³-hybridized carbons (Fsp3) is 0.550. The van der Waals surface area contributed by atoms with Crippen LogP contribution in [-0.4, -0.2) is 0 Å². The second kappa shape index (κ2) is 6.65. The van der Waals surface area contributed by atoms with Crippen molar-refractivity contribution in [3.63, 3.8) is 0 Å².